The van der Waals surface area contributed by atoms with Gasteiger partial charge in [0.1, 0.15) is 12.7 Å². The Morgan fingerprint density at radius 1 is 0.706 bits per heavy atom. The maximum atomic E-state index is 10.2. The van der Waals surface area contributed by atoms with Gasteiger partial charge >= 0.3 is 0 Å². The number of benzene rings is 2. The molecular formula is C15H12F2. The Hall–Kier alpha value is -1.96. The normalized spacial score (nSPS) is 11.6. The first-order valence-corrected chi connectivity index (χ1v) is 5.38. The Morgan fingerprint density at radius 2 is 1.12 bits per heavy atom. The maximum absolute atomic E-state index is 10.2. The van der Waals surface area contributed by atoms with Crippen LogP contribution in [0.4, 0.5) is 8.78 Å². The Kier molecular flexibility index (Phi) is 3.66. The maximum Gasteiger partial charge on any atom is 0.115 e. The molecule has 0 unspecified atom stereocenters. The molecule has 0 amide bonds. The van der Waals surface area contributed by atoms with E-state index in [1.54, 1.807) is 0 Å². The van der Waals surface area contributed by atoms with Crippen molar-refractivity contribution >= 4 is 0 Å². The molecule has 0 N–H and O–H groups in total. The van der Waals surface area contributed by atoms with Gasteiger partial charge in [0.25, 0.3) is 0 Å². The van der Waals surface area contributed by atoms with Crippen molar-refractivity contribution in [3.63, 3.8) is 0 Å². The molecule has 1 aliphatic carbocycles. The molecular weight excluding hydrogens is 218 g/mol. The van der Waals surface area contributed by atoms with E-state index in [0.29, 0.717) is 0 Å². The summed E-state index contributed by atoms with van der Waals surface area (Å²) in [5.74, 6) is 0. The molecule has 0 radical (unpaired) electrons. The van der Waals surface area contributed by atoms with Crippen molar-refractivity contribution < 1.29 is 8.78 Å². The molecule has 86 valence electrons. The zero-order chi connectivity index (χ0) is 12.1. The Morgan fingerprint density at radius 3 is 1.53 bits per heavy atom. The average molecular weight is 230 g/mol. The summed E-state index contributed by atoms with van der Waals surface area (Å²) in [6.45, 7) is 0. The molecule has 0 heterocycles. The molecule has 0 saturated heterocycles. The van der Waals surface area contributed by atoms with Gasteiger partial charge < -0.3 is 0 Å². The van der Waals surface area contributed by atoms with Crippen molar-refractivity contribution in [1.29, 1.82) is 0 Å². The van der Waals surface area contributed by atoms with Crippen molar-refractivity contribution in [3.8, 4) is 11.1 Å². The van der Waals surface area contributed by atoms with Crippen molar-refractivity contribution in [2.45, 2.75) is 6.42 Å². The number of hydrogen-bond acceptors (Lipinski definition) is 0. The van der Waals surface area contributed by atoms with Crippen LogP contribution >= 0.6 is 0 Å². The molecule has 2 heteroatoms. The van der Waals surface area contributed by atoms with E-state index in [1.165, 1.54) is 22.3 Å². The second kappa shape index (κ2) is 5.39. The van der Waals surface area contributed by atoms with Crippen molar-refractivity contribution in [2.75, 3.05) is 0 Å². The first-order chi connectivity index (χ1) is 8.36. The summed E-state index contributed by atoms with van der Waals surface area (Å²) in [5, 5.41) is 0. The topological polar surface area (TPSA) is 0 Å². The smallest absolute Gasteiger partial charge is 0.115 e. The van der Waals surface area contributed by atoms with E-state index in [-0.39, 0.29) is 12.7 Å². The van der Waals surface area contributed by atoms with E-state index < -0.39 is 0 Å². The third-order valence-electron chi connectivity index (χ3n) is 2.75. The lowest BCUT2D eigenvalue weighted by Crippen LogP contribution is -1.77. The predicted molar refractivity (Wildman–Crippen MR) is 66.0 cm³/mol. The van der Waals surface area contributed by atoms with Crippen LogP contribution in [0.3, 0.4) is 0 Å². The first-order valence-electron chi connectivity index (χ1n) is 5.38. The molecule has 0 atom stereocenters. The summed E-state index contributed by atoms with van der Waals surface area (Å²) >= 11 is 0. The van der Waals surface area contributed by atoms with E-state index in [1.807, 2.05) is 0 Å². The van der Waals surface area contributed by atoms with Crippen LogP contribution in [-0.2, 0) is 6.42 Å². The fourth-order valence-electron chi connectivity index (χ4n) is 2.08. The van der Waals surface area contributed by atoms with Gasteiger partial charge in [-0.2, -0.15) is 0 Å². The highest BCUT2D eigenvalue weighted by Crippen LogP contribution is 2.35. The minimum absolute atomic E-state index is 0.167. The third-order valence-corrected chi connectivity index (χ3v) is 2.75. The SMILES string of the molecule is FC=CF.c1ccc2c(c1)Cc1ccccc1-2. The van der Waals surface area contributed by atoms with Crippen LogP contribution < -0.4 is 0 Å². The Bertz CT molecular complexity index is 482. The molecule has 0 saturated carbocycles. The lowest BCUT2D eigenvalue weighted by atomic mass is 10.1. The highest BCUT2D eigenvalue weighted by Gasteiger charge is 2.15. The Balaban J connectivity index is 0.000000239. The minimum Gasteiger partial charge on any atom is -0.213 e. The monoisotopic (exact) mass is 230 g/mol. The number of rotatable bonds is 0. The van der Waals surface area contributed by atoms with Crippen LogP contribution in [-0.4, -0.2) is 0 Å². The molecule has 0 fully saturated rings. The summed E-state index contributed by atoms with van der Waals surface area (Å²) in [7, 11) is 0. The zero-order valence-corrected chi connectivity index (χ0v) is 9.24. The minimum atomic E-state index is -0.167. The zero-order valence-electron chi connectivity index (χ0n) is 9.24. The molecule has 17 heavy (non-hydrogen) atoms. The third kappa shape index (κ3) is 2.41. The van der Waals surface area contributed by atoms with Crippen molar-refractivity contribution in [2.24, 2.45) is 0 Å². The second-order valence-corrected chi connectivity index (χ2v) is 3.74. The second-order valence-electron chi connectivity index (χ2n) is 3.74. The summed E-state index contributed by atoms with van der Waals surface area (Å²) in [4.78, 5) is 0. The fraction of sp³-hybridized carbons (Fsp3) is 0.0667. The molecule has 0 aliphatic heterocycles. The van der Waals surface area contributed by atoms with Gasteiger partial charge in [-0.25, -0.2) is 8.78 Å². The van der Waals surface area contributed by atoms with Crippen LogP contribution in [0.25, 0.3) is 11.1 Å². The van der Waals surface area contributed by atoms with E-state index in [2.05, 4.69) is 48.5 Å². The van der Waals surface area contributed by atoms with E-state index in [9.17, 15) is 8.78 Å². The quantitative estimate of drug-likeness (QED) is 0.527. The van der Waals surface area contributed by atoms with Crippen molar-refractivity contribution in [3.05, 3.63) is 72.3 Å². The first kappa shape index (κ1) is 11.5. The molecule has 0 aromatic heterocycles. The van der Waals surface area contributed by atoms with Gasteiger partial charge in [-0.3, -0.25) is 0 Å². The lowest BCUT2D eigenvalue weighted by Gasteiger charge is -1.98. The number of fused-ring (bicyclic) bond motifs is 3. The number of halogens is 2. The summed E-state index contributed by atoms with van der Waals surface area (Å²) in [6, 6.07) is 17.3. The molecule has 1 aliphatic rings. The van der Waals surface area contributed by atoms with Gasteiger partial charge in [0.2, 0.25) is 0 Å². The van der Waals surface area contributed by atoms with E-state index in [4.69, 9.17) is 0 Å². The van der Waals surface area contributed by atoms with Crippen LogP contribution in [0, 0.1) is 0 Å². The van der Waals surface area contributed by atoms with Crippen LogP contribution in [0.5, 0.6) is 0 Å². The van der Waals surface area contributed by atoms with Crippen LogP contribution in [0.1, 0.15) is 11.1 Å². The van der Waals surface area contributed by atoms with Gasteiger partial charge in [-0.05, 0) is 28.7 Å². The molecule has 0 spiro atoms. The largest absolute Gasteiger partial charge is 0.213 e. The van der Waals surface area contributed by atoms with Gasteiger partial charge in [0.05, 0.1) is 0 Å². The van der Waals surface area contributed by atoms with E-state index in [0.717, 1.165) is 6.42 Å². The summed E-state index contributed by atoms with van der Waals surface area (Å²) < 4.78 is 20.3. The lowest BCUT2D eigenvalue weighted by molar-refractivity contribution is 0.645. The molecule has 0 nitrogen and oxygen atoms in total. The van der Waals surface area contributed by atoms with E-state index >= 15 is 0 Å². The van der Waals surface area contributed by atoms with Gasteiger partial charge in [0, 0.05) is 0 Å². The van der Waals surface area contributed by atoms with Crippen molar-refractivity contribution in [1.82, 2.24) is 0 Å². The van der Waals surface area contributed by atoms with Gasteiger partial charge in [-0.1, -0.05) is 48.5 Å². The summed E-state index contributed by atoms with van der Waals surface area (Å²) in [6.07, 6.45) is 0.770. The fourth-order valence-corrected chi connectivity index (χ4v) is 2.08. The van der Waals surface area contributed by atoms with Crippen LogP contribution in [0.2, 0.25) is 0 Å². The predicted octanol–water partition coefficient (Wildman–Crippen LogP) is 4.65. The highest BCUT2D eigenvalue weighted by atomic mass is 19.2. The average Bonchev–Trinajstić information content (AvgIpc) is 2.77. The van der Waals surface area contributed by atoms with Gasteiger partial charge in [0.15, 0.2) is 0 Å². The molecule has 2 aromatic rings. The Labute approximate surface area is 99.2 Å². The standard InChI is InChI=1S/C13H10.C2H2F2/c1-3-7-12-10(5-1)9-11-6-2-4-8-13(11)12;3-1-2-4/h1-8H,9H2;1-2H. The highest BCUT2D eigenvalue weighted by molar-refractivity contribution is 5.76. The van der Waals surface area contributed by atoms with Crippen LogP contribution in [0.15, 0.2) is 61.2 Å². The summed E-state index contributed by atoms with van der Waals surface area (Å²) in [5.41, 5.74) is 5.75. The molecule has 3 rings (SSSR count). The van der Waals surface area contributed by atoms with Gasteiger partial charge in [-0.15, -0.1) is 0 Å². The number of hydrogen-bond donors (Lipinski definition) is 0. The molecule has 0 bridgehead atoms. The molecule has 2 aromatic carbocycles.